The average Bonchev–Trinajstić information content (AvgIpc) is 3.34. The number of pyridine rings is 1. The molecule has 0 radical (unpaired) electrons. The third-order valence-corrected chi connectivity index (χ3v) is 5.23. The van der Waals surface area contributed by atoms with Crippen molar-refractivity contribution in [2.24, 2.45) is 7.05 Å². The van der Waals surface area contributed by atoms with Gasteiger partial charge in [-0.25, -0.2) is 9.97 Å². The molecule has 7 nitrogen and oxygen atoms in total. The highest BCUT2D eigenvalue weighted by atomic mass is 15.2. The van der Waals surface area contributed by atoms with Crippen LogP contribution in [0.3, 0.4) is 0 Å². The summed E-state index contributed by atoms with van der Waals surface area (Å²) >= 11 is 0. The van der Waals surface area contributed by atoms with Crippen LogP contribution in [0.2, 0.25) is 0 Å². The predicted molar refractivity (Wildman–Crippen MR) is 96.1 cm³/mol. The van der Waals surface area contributed by atoms with Crippen molar-refractivity contribution in [3.63, 3.8) is 0 Å². The smallest absolute Gasteiger partial charge is 0.139 e. The summed E-state index contributed by atoms with van der Waals surface area (Å²) in [4.78, 5) is 14.7. The number of piperidine rings is 1. The highest BCUT2D eigenvalue weighted by Gasteiger charge is 2.23. The van der Waals surface area contributed by atoms with Gasteiger partial charge in [-0.2, -0.15) is 5.10 Å². The normalized spacial score (nSPS) is 17.0. The summed E-state index contributed by atoms with van der Waals surface area (Å²) in [7, 11) is 1.97. The summed E-state index contributed by atoms with van der Waals surface area (Å²) in [5.41, 5.74) is 4.40. The molecule has 0 atom stereocenters. The van der Waals surface area contributed by atoms with Gasteiger partial charge in [0.25, 0.3) is 0 Å². The van der Waals surface area contributed by atoms with Crippen LogP contribution >= 0.6 is 0 Å². The van der Waals surface area contributed by atoms with Gasteiger partial charge in [0, 0.05) is 56.1 Å². The zero-order chi connectivity index (χ0) is 16.8. The lowest BCUT2D eigenvalue weighted by molar-refractivity contribution is 0.181. The maximum atomic E-state index is 4.58. The molecule has 1 N–H and O–H groups in total. The molecule has 0 amide bonds. The number of aromatic amines is 1. The summed E-state index contributed by atoms with van der Waals surface area (Å²) in [6.45, 7) is 3.18. The first-order valence-electron chi connectivity index (χ1n) is 8.76. The van der Waals surface area contributed by atoms with Crippen molar-refractivity contribution in [3.05, 3.63) is 42.7 Å². The molecule has 1 aliphatic rings. The van der Waals surface area contributed by atoms with E-state index in [9.17, 15) is 0 Å². The van der Waals surface area contributed by atoms with Crippen molar-refractivity contribution in [1.82, 2.24) is 34.2 Å². The van der Waals surface area contributed by atoms with E-state index in [-0.39, 0.29) is 0 Å². The Labute approximate surface area is 145 Å². The largest absolute Gasteiger partial charge is 0.346 e. The number of H-pyrrole nitrogens is 1. The van der Waals surface area contributed by atoms with Crippen LogP contribution in [0.15, 0.2) is 37.2 Å². The van der Waals surface area contributed by atoms with E-state index < -0.39 is 0 Å². The second kappa shape index (κ2) is 5.70. The number of rotatable bonds is 3. The van der Waals surface area contributed by atoms with Crippen LogP contribution in [0.25, 0.3) is 22.1 Å². The minimum atomic E-state index is 0.496. The van der Waals surface area contributed by atoms with Gasteiger partial charge in [0.2, 0.25) is 0 Å². The summed E-state index contributed by atoms with van der Waals surface area (Å²) in [5.74, 6) is 0. The number of aryl methyl sites for hydroxylation is 1. The molecule has 1 saturated heterocycles. The Kier molecular flexibility index (Phi) is 3.34. The Morgan fingerprint density at radius 3 is 2.88 bits per heavy atom. The van der Waals surface area contributed by atoms with Crippen molar-refractivity contribution < 1.29 is 0 Å². The van der Waals surface area contributed by atoms with E-state index in [1.54, 1.807) is 0 Å². The van der Waals surface area contributed by atoms with Gasteiger partial charge < -0.3 is 9.55 Å². The van der Waals surface area contributed by atoms with Crippen molar-refractivity contribution in [1.29, 1.82) is 0 Å². The van der Waals surface area contributed by atoms with Crippen LogP contribution in [0.4, 0.5) is 0 Å². The van der Waals surface area contributed by atoms with E-state index in [4.69, 9.17) is 0 Å². The van der Waals surface area contributed by atoms with Crippen LogP contribution in [0.5, 0.6) is 0 Å². The molecule has 25 heavy (non-hydrogen) atoms. The van der Waals surface area contributed by atoms with E-state index in [0.29, 0.717) is 6.04 Å². The number of imidazole rings is 1. The molecule has 0 bridgehead atoms. The predicted octanol–water partition coefficient (Wildman–Crippen LogP) is 2.48. The Morgan fingerprint density at radius 2 is 2.08 bits per heavy atom. The second-order valence-corrected chi connectivity index (χ2v) is 6.91. The maximum Gasteiger partial charge on any atom is 0.139 e. The fourth-order valence-electron chi connectivity index (χ4n) is 3.98. The number of fused-ring (bicyclic) bond motifs is 3. The van der Waals surface area contributed by atoms with Crippen LogP contribution in [-0.2, 0) is 13.6 Å². The van der Waals surface area contributed by atoms with Gasteiger partial charge in [-0.15, -0.1) is 0 Å². The molecule has 0 aromatic carbocycles. The van der Waals surface area contributed by atoms with Gasteiger partial charge in [0.1, 0.15) is 11.2 Å². The lowest BCUT2D eigenvalue weighted by atomic mass is 10.0. The molecule has 0 aliphatic carbocycles. The molecule has 5 rings (SSSR count). The average molecular weight is 335 g/mol. The molecule has 7 heteroatoms. The lowest BCUT2D eigenvalue weighted by Crippen LogP contribution is -2.34. The van der Waals surface area contributed by atoms with E-state index >= 15 is 0 Å². The third-order valence-electron chi connectivity index (χ3n) is 5.23. The second-order valence-electron chi connectivity index (χ2n) is 6.91. The number of nitrogens with zero attached hydrogens (tertiary/aromatic N) is 6. The van der Waals surface area contributed by atoms with Crippen LogP contribution in [0, 0.1) is 0 Å². The summed E-state index contributed by atoms with van der Waals surface area (Å²) < 4.78 is 4.23. The quantitative estimate of drug-likeness (QED) is 0.624. The Balaban J connectivity index is 1.37. The summed E-state index contributed by atoms with van der Waals surface area (Å²) in [6.07, 6.45) is 12.1. The molecule has 0 unspecified atom stereocenters. The lowest BCUT2D eigenvalue weighted by Gasteiger charge is -2.32. The highest BCUT2D eigenvalue weighted by Crippen LogP contribution is 2.30. The van der Waals surface area contributed by atoms with E-state index in [1.165, 1.54) is 11.1 Å². The molecule has 5 heterocycles. The van der Waals surface area contributed by atoms with Gasteiger partial charge in [-0.3, -0.25) is 9.58 Å². The fraction of sp³-hybridized carbons (Fsp3) is 0.389. The van der Waals surface area contributed by atoms with Gasteiger partial charge >= 0.3 is 0 Å². The van der Waals surface area contributed by atoms with Crippen LogP contribution in [-0.4, -0.2) is 47.3 Å². The number of hydrogen-bond donors (Lipinski definition) is 1. The molecule has 4 aromatic rings. The number of hydrogen-bond acceptors (Lipinski definition) is 4. The van der Waals surface area contributed by atoms with Crippen LogP contribution < -0.4 is 0 Å². The van der Waals surface area contributed by atoms with Gasteiger partial charge in [-0.05, 0) is 18.9 Å². The first-order valence-corrected chi connectivity index (χ1v) is 8.76. The Hall–Kier alpha value is -2.67. The summed E-state index contributed by atoms with van der Waals surface area (Å²) in [5, 5.41) is 5.42. The minimum Gasteiger partial charge on any atom is -0.346 e. The molecule has 0 spiro atoms. The molecule has 1 fully saturated rings. The highest BCUT2D eigenvalue weighted by molar-refractivity contribution is 6.00. The van der Waals surface area contributed by atoms with Crippen molar-refractivity contribution in [3.8, 4) is 0 Å². The topological polar surface area (TPSA) is 67.6 Å². The van der Waals surface area contributed by atoms with Gasteiger partial charge in [0.05, 0.1) is 24.2 Å². The van der Waals surface area contributed by atoms with Gasteiger partial charge in [0.15, 0.2) is 0 Å². The maximum absolute atomic E-state index is 4.58. The summed E-state index contributed by atoms with van der Waals surface area (Å²) in [6, 6.07) is 2.59. The molecule has 128 valence electrons. The third kappa shape index (κ3) is 2.51. The number of aromatic nitrogens is 6. The first kappa shape index (κ1) is 14.7. The molecular formula is C18H21N7. The number of nitrogens with one attached hydrogen (secondary N) is 1. The van der Waals surface area contributed by atoms with E-state index in [2.05, 4.69) is 41.8 Å². The van der Waals surface area contributed by atoms with Crippen LogP contribution in [0.1, 0.15) is 24.4 Å². The Bertz CT molecular complexity index is 1020. The monoisotopic (exact) mass is 335 g/mol. The standard InChI is InChI=1S/C18H21N7/c1-23-10-13(8-22-23)11-24-6-3-14(4-7-24)25-12-21-16-9-20-18-15(17(16)25)2-5-19-18/h2,5,8-10,12,14H,3-4,6-7,11H2,1H3,(H,19,20). The van der Waals surface area contributed by atoms with E-state index in [1.807, 2.05) is 36.6 Å². The van der Waals surface area contributed by atoms with E-state index in [0.717, 1.165) is 49.0 Å². The minimum absolute atomic E-state index is 0.496. The zero-order valence-electron chi connectivity index (χ0n) is 14.3. The van der Waals surface area contributed by atoms with Crippen molar-refractivity contribution >= 4 is 22.1 Å². The molecular weight excluding hydrogens is 314 g/mol. The SMILES string of the molecule is Cn1cc(CN2CCC(n3cnc4cnc5[nH]ccc5c43)CC2)cn1. The van der Waals surface area contributed by atoms with Crippen molar-refractivity contribution in [2.45, 2.75) is 25.4 Å². The number of likely N-dealkylation sites (tertiary alicyclic amines) is 1. The van der Waals surface area contributed by atoms with Gasteiger partial charge in [-0.1, -0.05) is 0 Å². The molecule has 1 aliphatic heterocycles. The zero-order valence-corrected chi connectivity index (χ0v) is 14.3. The Morgan fingerprint density at radius 1 is 1.20 bits per heavy atom. The van der Waals surface area contributed by atoms with Crippen molar-refractivity contribution in [2.75, 3.05) is 13.1 Å². The fourth-order valence-corrected chi connectivity index (χ4v) is 3.98. The molecule has 4 aromatic heterocycles. The molecule has 0 saturated carbocycles. The first-order chi connectivity index (χ1) is 12.3.